The topological polar surface area (TPSA) is 72.3 Å². The highest BCUT2D eigenvalue weighted by molar-refractivity contribution is 8.76. The van der Waals surface area contributed by atoms with Crippen molar-refractivity contribution in [3.63, 3.8) is 0 Å². The zero-order valence-electron chi connectivity index (χ0n) is 33.0. The standard InChI is InChI=1S/C42H77N3OS2/c1-11-31(29(2)3)13-12-30(4)35-16-17-36-34-15-14-32-28-33(18-21-41(32,9)37(34)19-22-42(35,36)10)48-47-27-20-38(46)45(25-23-39(5,6)43)26-24-40(7,8)44/h14,29-31,33-37H,11-13,15-28,43-44H2,1-10H3/t30-,31-,33+,34+,35-,36+,37+,41+,42-/m1/s1. The first-order valence-electron chi connectivity index (χ1n) is 20.2. The molecule has 4 rings (SSSR count). The summed E-state index contributed by atoms with van der Waals surface area (Å²) in [5.74, 6) is 7.35. The quantitative estimate of drug-likeness (QED) is 0.0896. The van der Waals surface area contributed by atoms with Crippen molar-refractivity contribution in [2.45, 2.75) is 175 Å². The second-order valence-electron chi connectivity index (χ2n) is 19.3. The molecule has 4 nitrogen and oxygen atoms in total. The Hall–Kier alpha value is -0.170. The van der Waals surface area contributed by atoms with Crippen LogP contribution in [0, 0.1) is 52.3 Å². The summed E-state index contributed by atoms with van der Waals surface area (Å²) in [5, 5.41) is 0.677. The molecule has 4 aliphatic carbocycles. The van der Waals surface area contributed by atoms with Gasteiger partial charge in [0.2, 0.25) is 5.91 Å². The van der Waals surface area contributed by atoms with E-state index < -0.39 is 0 Å². The number of nitrogens with zero attached hydrogens (tertiary/aromatic N) is 1. The van der Waals surface area contributed by atoms with Crippen LogP contribution in [0.1, 0.15) is 159 Å². The molecule has 0 aromatic heterocycles. The fourth-order valence-electron chi connectivity index (χ4n) is 11.0. The second kappa shape index (κ2) is 16.7. The van der Waals surface area contributed by atoms with Crippen molar-refractivity contribution < 1.29 is 4.79 Å². The highest BCUT2D eigenvalue weighted by Crippen LogP contribution is 2.67. The van der Waals surface area contributed by atoms with E-state index >= 15 is 0 Å². The third-order valence-corrected chi connectivity index (χ3v) is 17.2. The summed E-state index contributed by atoms with van der Waals surface area (Å²) in [6.45, 7) is 24.9. The lowest BCUT2D eigenvalue weighted by molar-refractivity contribution is -0.131. The Morgan fingerprint density at radius 3 is 2.23 bits per heavy atom. The number of nitrogens with two attached hydrogens (primary N) is 2. The van der Waals surface area contributed by atoms with Crippen LogP contribution in [0.5, 0.6) is 0 Å². The molecule has 3 fully saturated rings. The van der Waals surface area contributed by atoms with Crippen molar-refractivity contribution in [1.82, 2.24) is 4.90 Å². The maximum absolute atomic E-state index is 13.3. The predicted molar refractivity (Wildman–Crippen MR) is 213 cm³/mol. The van der Waals surface area contributed by atoms with Gasteiger partial charge in [-0.05, 0) is 151 Å². The maximum Gasteiger partial charge on any atom is 0.223 e. The first kappa shape index (κ1) is 40.6. The van der Waals surface area contributed by atoms with E-state index in [1.165, 1.54) is 70.6 Å². The fraction of sp³-hybridized carbons (Fsp3) is 0.929. The van der Waals surface area contributed by atoms with Crippen molar-refractivity contribution in [2.24, 2.45) is 63.7 Å². The van der Waals surface area contributed by atoms with E-state index in [2.05, 4.69) is 58.4 Å². The van der Waals surface area contributed by atoms with E-state index in [-0.39, 0.29) is 17.0 Å². The largest absolute Gasteiger partial charge is 0.343 e. The number of amides is 1. The third-order valence-electron chi connectivity index (χ3n) is 14.3. The number of carbonyl (C=O) groups is 1. The SMILES string of the molecule is CC[C@H](CC[C@@H](C)[C@H]1CC[C@H]2[C@@H]3CC=C4C[C@@H](SSCCC(=O)N(CCC(C)(C)N)CCC(C)(C)N)CC[C@]4(C)[C@H]3CC[C@]12C)C(C)C. The van der Waals surface area contributed by atoms with Gasteiger partial charge in [0.15, 0.2) is 0 Å². The minimum atomic E-state index is -0.272. The summed E-state index contributed by atoms with van der Waals surface area (Å²) >= 11 is 0. The van der Waals surface area contributed by atoms with Gasteiger partial charge in [-0.3, -0.25) is 4.79 Å². The number of carbonyl (C=O) groups excluding carboxylic acids is 1. The van der Waals surface area contributed by atoms with E-state index in [0.29, 0.717) is 35.6 Å². The van der Waals surface area contributed by atoms with Crippen LogP contribution >= 0.6 is 21.6 Å². The Balaban J connectivity index is 1.28. The van der Waals surface area contributed by atoms with Crippen LogP contribution in [0.4, 0.5) is 0 Å². The van der Waals surface area contributed by atoms with Crippen molar-refractivity contribution in [1.29, 1.82) is 0 Å². The lowest BCUT2D eigenvalue weighted by Gasteiger charge is -2.58. The minimum absolute atomic E-state index is 0.252. The molecule has 1 amide bonds. The van der Waals surface area contributed by atoms with E-state index in [0.717, 1.165) is 60.0 Å². The Labute approximate surface area is 305 Å². The molecule has 0 saturated heterocycles. The van der Waals surface area contributed by atoms with Gasteiger partial charge in [-0.15, -0.1) is 0 Å². The molecule has 3 saturated carbocycles. The van der Waals surface area contributed by atoms with Gasteiger partial charge in [0.05, 0.1) is 0 Å². The zero-order valence-corrected chi connectivity index (χ0v) is 34.7. The van der Waals surface area contributed by atoms with Gasteiger partial charge < -0.3 is 16.4 Å². The van der Waals surface area contributed by atoms with Gasteiger partial charge in [-0.1, -0.05) is 87.6 Å². The number of fused-ring (bicyclic) bond motifs is 5. The normalized spacial score (nSPS) is 33.4. The molecule has 0 spiro atoms. The lowest BCUT2D eigenvalue weighted by Crippen LogP contribution is -2.50. The second-order valence-corrected chi connectivity index (χ2v) is 22.1. The van der Waals surface area contributed by atoms with Crippen LogP contribution < -0.4 is 11.5 Å². The van der Waals surface area contributed by atoms with E-state index in [1.54, 1.807) is 5.57 Å². The Morgan fingerprint density at radius 1 is 0.958 bits per heavy atom. The third kappa shape index (κ3) is 10.0. The van der Waals surface area contributed by atoms with Gasteiger partial charge in [0.1, 0.15) is 0 Å². The lowest BCUT2D eigenvalue weighted by atomic mass is 9.47. The van der Waals surface area contributed by atoms with E-state index in [4.69, 9.17) is 11.5 Å². The minimum Gasteiger partial charge on any atom is -0.343 e. The summed E-state index contributed by atoms with van der Waals surface area (Å²) in [4.78, 5) is 15.3. The molecule has 0 bridgehead atoms. The van der Waals surface area contributed by atoms with Gasteiger partial charge >= 0.3 is 0 Å². The molecule has 0 aromatic carbocycles. The molecule has 0 radical (unpaired) electrons. The molecule has 4 N–H and O–H groups in total. The van der Waals surface area contributed by atoms with Crippen LogP contribution in [0.25, 0.3) is 0 Å². The molecular weight excluding hydrogens is 627 g/mol. The average molecular weight is 704 g/mol. The van der Waals surface area contributed by atoms with Crippen molar-refractivity contribution >= 4 is 27.5 Å². The van der Waals surface area contributed by atoms with Crippen LogP contribution in [0.2, 0.25) is 0 Å². The first-order valence-corrected chi connectivity index (χ1v) is 22.6. The molecule has 0 heterocycles. The number of allylic oxidation sites excluding steroid dienone is 2. The summed E-state index contributed by atoms with van der Waals surface area (Å²) in [5.41, 5.74) is 14.7. The smallest absolute Gasteiger partial charge is 0.223 e. The van der Waals surface area contributed by atoms with Crippen LogP contribution in [0.15, 0.2) is 11.6 Å². The van der Waals surface area contributed by atoms with Crippen LogP contribution in [-0.4, -0.2) is 46.0 Å². The molecule has 9 atom stereocenters. The summed E-state index contributed by atoms with van der Waals surface area (Å²) < 4.78 is 0. The van der Waals surface area contributed by atoms with E-state index in [9.17, 15) is 4.79 Å². The van der Waals surface area contributed by atoms with Crippen molar-refractivity contribution in [3.8, 4) is 0 Å². The van der Waals surface area contributed by atoms with Gasteiger partial charge in [-0.25, -0.2) is 0 Å². The fourth-order valence-corrected chi connectivity index (χ4v) is 13.6. The van der Waals surface area contributed by atoms with Crippen LogP contribution in [-0.2, 0) is 4.79 Å². The molecule has 4 aliphatic rings. The monoisotopic (exact) mass is 704 g/mol. The van der Waals surface area contributed by atoms with Gasteiger partial charge in [-0.2, -0.15) is 0 Å². The van der Waals surface area contributed by atoms with E-state index in [1.807, 2.05) is 43.4 Å². The van der Waals surface area contributed by atoms with Gasteiger partial charge in [0, 0.05) is 41.6 Å². The Kier molecular flexibility index (Phi) is 14.1. The number of hydrogen-bond acceptors (Lipinski definition) is 5. The highest BCUT2D eigenvalue weighted by atomic mass is 33.1. The molecule has 48 heavy (non-hydrogen) atoms. The molecule has 6 heteroatoms. The summed E-state index contributed by atoms with van der Waals surface area (Å²) in [6, 6.07) is 0. The average Bonchev–Trinajstić information content (AvgIpc) is 3.35. The zero-order chi connectivity index (χ0) is 35.5. The molecule has 0 unspecified atom stereocenters. The molecule has 0 aromatic rings. The summed E-state index contributed by atoms with van der Waals surface area (Å²) in [7, 11) is 3.99. The van der Waals surface area contributed by atoms with Crippen molar-refractivity contribution in [3.05, 3.63) is 11.6 Å². The highest BCUT2D eigenvalue weighted by Gasteiger charge is 2.59. The molecular formula is C42H77N3OS2. The maximum atomic E-state index is 13.3. The number of rotatable bonds is 17. The van der Waals surface area contributed by atoms with Crippen LogP contribution in [0.3, 0.4) is 0 Å². The first-order chi connectivity index (χ1) is 22.4. The summed E-state index contributed by atoms with van der Waals surface area (Å²) in [6.07, 6.45) is 20.3. The molecule has 0 aliphatic heterocycles. The van der Waals surface area contributed by atoms with Crippen molar-refractivity contribution in [2.75, 3.05) is 18.8 Å². The Morgan fingerprint density at radius 2 is 1.62 bits per heavy atom. The van der Waals surface area contributed by atoms with Gasteiger partial charge in [0.25, 0.3) is 0 Å². The molecule has 278 valence electrons. The predicted octanol–water partition coefficient (Wildman–Crippen LogP) is 10.9. The Bertz CT molecular complexity index is 1060. The number of hydrogen-bond donors (Lipinski definition) is 2.